The van der Waals surface area contributed by atoms with Crippen molar-refractivity contribution < 1.29 is 9.13 Å². The summed E-state index contributed by atoms with van der Waals surface area (Å²) in [7, 11) is 0. The third kappa shape index (κ3) is 3.53. The van der Waals surface area contributed by atoms with Gasteiger partial charge >= 0.3 is 0 Å². The zero-order valence-electron chi connectivity index (χ0n) is 11.1. The van der Waals surface area contributed by atoms with E-state index < -0.39 is 5.82 Å². The third-order valence-electron chi connectivity index (χ3n) is 2.87. The van der Waals surface area contributed by atoms with Crippen LogP contribution in [0.25, 0.3) is 10.6 Å². The molecule has 0 atom stereocenters. The molecule has 22 heavy (non-hydrogen) atoms. The first kappa shape index (κ1) is 15.6. The third-order valence-corrected chi connectivity index (χ3v) is 4.70. The molecule has 0 aliphatic heterocycles. The molecule has 7 heteroatoms. The van der Waals surface area contributed by atoms with Gasteiger partial charge in [-0.15, -0.1) is 10.2 Å². The number of hydrogen-bond acceptors (Lipinski definition) is 4. The number of aromatic nitrogens is 2. The number of nitrogens with zero attached hydrogens (tertiary/aromatic N) is 2. The van der Waals surface area contributed by atoms with E-state index in [-0.39, 0.29) is 0 Å². The minimum Gasteiger partial charge on any atom is -0.488 e. The maximum atomic E-state index is 14.3. The summed E-state index contributed by atoms with van der Waals surface area (Å²) in [5.74, 6) is 0.0282. The second-order valence-electron chi connectivity index (χ2n) is 4.40. The van der Waals surface area contributed by atoms with Crippen LogP contribution >= 0.6 is 43.2 Å². The fourth-order valence-electron chi connectivity index (χ4n) is 1.91. The molecule has 0 unspecified atom stereocenters. The molecule has 0 N–H and O–H groups in total. The molecular formula is C15H9Br2FN2OS. The van der Waals surface area contributed by atoms with Gasteiger partial charge in [0.2, 0.25) is 0 Å². The highest BCUT2D eigenvalue weighted by molar-refractivity contribution is 9.11. The Balaban J connectivity index is 1.95. The van der Waals surface area contributed by atoms with E-state index in [0.717, 1.165) is 5.56 Å². The summed E-state index contributed by atoms with van der Waals surface area (Å²) < 4.78 is 21.4. The van der Waals surface area contributed by atoms with Gasteiger partial charge in [0, 0.05) is 4.47 Å². The summed E-state index contributed by atoms with van der Waals surface area (Å²) in [5.41, 5.74) is 1.33. The van der Waals surface area contributed by atoms with Crippen LogP contribution in [0.1, 0.15) is 5.56 Å². The molecule has 0 bridgehead atoms. The molecule has 1 aromatic heterocycles. The normalized spacial score (nSPS) is 10.7. The van der Waals surface area contributed by atoms with Gasteiger partial charge in [-0.1, -0.05) is 57.6 Å². The van der Waals surface area contributed by atoms with Gasteiger partial charge in [-0.05, 0) is 33.6 Å². The highest BCUT2D eigenvalue weighted by atomic mass is 79.9. The molecule has 3 aromatic rings. The Hall–Kier alpha value is -1.31. The zero-order chi connectivity index (χ0) is 15.5. The fourth-order valence-corrected chi connectivity index (χ4v) is 3.48. The van der Waals surface area contributed by atoms with Gasteiger partial charge in [0.05, 0.1) is 5.56 Å². The summed E-state index contributed by atoms with van der Waals surface area (Å²) >= 11 is 7.79. The lowest BCUT2D eigenvalue weighted by Crippen LogP contribution is -1.98. The summed E-state index contributed by atoms with van der Waals surface area (Å²) in [6.45, 7) is 0.351. The first-order chi connectivity index (χ1) is 10.6. The second kappa shape index (κ2) is 6.85. The number of halogens is 3. The van der Waals surface area contributed by atoms with E-state index >= 15 is 0 Å². The van der Waals surface area contributed by atoms with Crippen LogP contribution in [0, 0.1) is 5.82 Å². The van der Waals surface area contributed by atoms with Crippen LogP contribution in [0.15, 0.2) is 50.9 Å². The van der Waals surface area contributed by atoms with Crippen molar-refractivity contribution in [3.8, 4) is 16.3 Å². The monoisotopic (exact) mass is 442 g/mol. The van der Waals surface area contributed by atoms with Gasteiger partial charge in [0.25, 0.3) is 0 Å². The van der Waals surface area contributed by atoms with Crippen molar-refractivity contribution in [2.45, 2.75) is 6.61 Å². The molecular weight excluding hydrogens is 435 g/mol. The molecule has 0 spiro atoms. The maximum absolute atomic E-state index is 14.3. The predicted molar refractivity (Wildman–Crippen MR) is 91.5 cm³/mol. The van der Waals surface area contributed by atoms with Crippen LogP contribution in [0.4, 0.5) is 4.39 Å². The Morgan fingerprint density at radius 3 is 2.55 bits per heavy atom. The second-order valence-corrected chi connectivity index (χ2v) is 7.56. The van der Waals surface area contributed by atoms with Gasteiger partial charge in [0.15, 0.2) is 8.92 Å². The van der Waals surface area contributed by atoms with Crippen LogP contribution in [0.5, 0.6) is 5.75 Å². The van der Waals surface area contributed by atoms with Gasteiger partial charge in [0.1, 0.15) is 18.2 Å². The average molecular weight is 444 g/mol. The van der Waals surface area contributed by atoms with E-state index in [1.807, 2.05) is 30.3 Å². The SMILES string of the molecule is Fc1cc(Br)cc(OCc2ccccc2)c1-c1nnc(Br)s1. The topological polar surface area (TPSA) is 35.0 Å². The van der Waals surface area contributed by atoms with Crippen molar-refractivity contribution in [3.63, 3.8) is 0 Å². The summed E-state index contributed by atoms with van der Waals surface area (Å²) in [5, 5.41) is 8.32. The lowest BCUT2D eigenvalue weighted by molar-refractivity contribution is 0.306. The molecule has 0 aliphatic carbocycles. The molecule has 2 aromatic carbocycles. The summed E-state index contributed by atoms with van der Waals surface area (Å²) in [6.07, 6.45) is 0. The molecule has 0 saturated carbocycles. The van der Waals surface area contributed by atoms with E-state index in [9.17, 15) is 4.39 Å². The standard InChI is InChI=1S/C15H9Br2FN2OS/c16-10-6-11(18)13(14-19-20-15(17)22-14)12(7-10)21-8-9-4-2-1-3-5-9/h1-7H,8H2. The van der Waals surface area contributed by atoms with Gasteiger partial charge in [-0.3, -0.25) is 0 Å². The van der Waals surface area contributed by atoms with Gasteiger partial charge in [-0.2, -0.15) is 0 Å². The molecule has 3 nitrogen and oxygen atoms in total. The number of benzene rings is 2. The van der Waals surface area contributed by atoms with Crippen molar-refractivity contribution in [2.24, 2.45) is 0 Å². The van der Waals surface area contributed by atoms with Crippen molar-refractivity contribution in [2.75, 3.05) is 0 Å². The Labute approximate surface area is 147 Å². The summed E-state index contributed by atoms with van der Waals surface area (Å²) in [6, 6.07) is 12.8. The largest absolute Gasteiger partial charge is 0.488 e. The van der Waals surface area contributed by atoms with E-state index in [0.29, 0.717) is 31.3 Å². The van der Waals surface area contributed by atoms with Crippen molar-refractivity contribution in [3.05, 3.63) is 62.2 Å². The number of rotatable bonds is 4. The zero-order valence-corrected chi connectivity index (χ0v) is 15.1. The van der Waals surface area contributed by atoms with Crippen molar-refractivity contribution in [1.82, 2.24) is 10.2 Å². The molecule has 0 amide bonds. The van der Waals surface area contributed by atoms with Crippen LogP contribution in [0.2, 0.25) is 0 Å². The van der Waals surface area contributed by atoms with Crippen LogP contribution in [0.3, 0.4) is 0 Å². The minimum absolute atomic E-state index is 0.322. The first-order valence-electron chi connectivity index (χ1n) is 6.28. The Bertz CT molecular complexity index is 795. The van der Waals surface area contributed by atoms with Crippen LogP contribution in [-0.2, 0) is 6.61 Å². The number of ether oxygens (including phenoxy) is 1. The Kier molecular flexibility index (Phi) is 4.85. The molecule has 112 valence electrons. The van der Waals surface area contributed by atoms with E-state index in [1.54, 1.807) is 6.07 Å². The molecule has 0 radical (unpaired) electrons. The van der Waals surface area contributed by atoms with Crippen molar-refractivity contribution >= 4 is 43.2 Å². The van der Waals surface area contributed by atoms with E-state index in [4.69, 9.17) is 4.74 Å². The smallest absolute Gasteiger partial charge is 0.183 e. The molecule has 1 heterocycles. The molecule has 3 rings (SSSR count). The van der Waals surface area contributed by atoms with Gasteiger partial charge < -0.3 is 4.74 Å². The lowest BCUT2D eigenvalue weighted by Gasteiger charge is -2.11. The highest BCUT2D eigenvalue weighted by Gasteiger charge is 2.18. The minimum atomic E-state index is -0.402. The van der Waals surface area contributed by atoms with Crippen LogP contribution in [-0.4, -0.2) is 10.2 Å². The first-order valence-corrected chi connectivity index (χ1v) is 8.69. The predicted octanol–water partition coefficient (Wildman–Crippen LogP) is 5.45. The Morgan fingerprint density at radius 1 is 1.09 bits per heavy atom. The average Bonchev–Trinajstić information content (AvgIpc) is 2.91. The van der Waals surface area contributed by atoms with Crippen LogP contribution < -0.4 is 4.74 Å². The van der Waals surface area contributed by atoms with E-state index in [2.05, 4.69) is 42.1 Å². The molecule has 0 fully saturated rings. The number of hydrogen-bond donors (Lipinski definition) is 0. The Morgan fingerprint density at radius 2 is 1.86 bits per heavy atom. The van der Waals surface area contributed by atoms with E-state index in [1.165, 1.54) is 17.4 Å². The summed E-state index contributed by atoms with van der Waals surface area (Å²) in [4.78, 5) is 0. The molecule has 0 aliphatic rings. The lowest BCUT2D eigenvalue weighted by atomic mass is 10.2. The van der Waals surface area contributed by atoms with Gasteiger partial charge in [-0.25, -0.2) is 4.39 Å². The maximum Gasteiger partial charge on any atom is 0.183 e. The quantitative estimate of drug-likeness (QED) is 0.537. The highest BCUT2D eigenvalue weighted by Crippen LogP contribution is 2.38. The molecule has 0 saturated heterocycles. The van der Waals surface area contributed by atoms with Crippen molar-refractivity contribution in [1.29, 1.82) is 0 Å². The fraction of sp³-hybridized carbons (Fsp3) is 0.0667.